The van der Waals surface area contributed by atoms with Crippen molar-refractivity contribution in [2.75, 3.05) is 13.1 Å². The fraction of sp³-hybridized carbons (Fsp3) is 0.667. The number of aryl methyl sites for hydroxylation is 1. The van der Waals surface area contributed by atoms with Crippen LogP contribution in [0.25, 0.3) is 0 Å². The second kappa shape index (κ2) is 7.78. The lowest BCUT2D eigenvalue weighted by Gasteiger charge is -2.32. The normalized spacial score (nSPS) is 18.4. The highest BCUT2D eigenvalue weighted by molar-refractivity contribution is 6.29. The third-order valence-electron chi connectivity index (χ3n) is 5.40. The predicted octanol–water partition coefficient (Wildman–Crippen LogP) is 2.74. The van der Waals surface area contributed by atoms with Crippen LogP contribution in [-0.4, -0.2) is 43.8 Å². The molecular weight excluding hydrogens is 354 g/mol. The van der Waals surface area contributed by atoms with Crippen molar-refractivity contribution in [1.82, 2.24) is 24.8 Å². The van der Waals surface area contributed by atoms with Crippen LogP contribution in [0.1, 0.15) is 43.7 Å². The molecule has 2 aromatic rings. The van der Waals surface area contributed by atoms with Gasteiger partial charge in [-0.05, 0) is 37.5 Å². The Labute approximate surface area is 157 Å². The lowest BCUT2D eigenvalue weighted by atomic mass is 9.93. The van der Waals surface area contributed by atoms with E-state index in [0.29, 0.717) is 29.7 Å². The Bertz CT molecular complexity index is 746. The Balaban J connectivity index is 1.22. The maximum absolute atomic E-state index is 12.4. The number of amides is 1. The van der Waals surface area contributed by atoms with Crippen LogP contribution in [0.5, 0.6) is 0 Å². The minimum Gasteiger partial charge on any atom is -0.360 e. The van der Waals surface area contributed by atoms with Crippen molar-refractivity contribution >= 4 is 17.5 Å². The number of nitrogens with zero attached hydrogens (tertiary/aromatic N) is 5. The molecule has 2 fully saturated rings. The van der Waals surface area contributed by atoms with Crippen LogP contribution in [0.3, 0.4) is 0 Å². The molecule has 0 radical (unpaired) electrons. The van der Waals surface area contributed by atoms with Gasteiger partial charge in [-0.25, -0.2) is 0 Å². The Morgan fingerprint density at radius 1 is 1.23 bits per heavy atom. The van der Waals surface area contributed by atoms with Gasteiger partial charge in [0.1, 0.15) is 17.9 Å². The third-order valence-corrected chi connectivity index (χ3v) is 5.58. The fourth-order valence-corrected chi connectivity index (χ4v) is 3.76. The van der Waals surface area contributed by atoms with Crippen LogP contribution >= 0.6 is 11.6 Å². The number of hydrogen-bond acceptors (Lipinski definition) is 5. The highest BCUT2D eigenvalue weighted by Crippen LogP contribution is 2.31. The van der Waals surface area contributed by atoms with Gasteiger partial charge < -0.3 is 14.0 Å². The molecule has 0 N–H and O–H groups in total. The maximum Gasteiger partial charge on any atom is 0.223 e. The van der Waals surface area contributed by atoms with Gasteiger partial charge in [0.25, 0.3) is 0 Å². The second-order valence-corrected chi connectivity index (χ2v) is 7.87. The van der Waals surface area contributed by atoms with Crippen LogP contribution in [-0.2, 0) is 24.2 Å². The zero-order valence-electron chi connectivity index (χ0n) is 14.8. The van der Waals surface area contributed by atoms with E-state index < -0.39 is 0 Å². The summed E-state index contributed by atoms with van der Waals surface area (Å²) in [6.45, 7) is 2.69. The van der Waals surface area contributed by atoms with E-state index in [4.69, 9.17) is 16.1 Å². The molecule has 0 spiro atoms. The molecule has 0 aromatic carbocycles. The van der Waals surface area contributed by atoms with E-state index in [1.54, 1.807) is 6.07 Å². The molecule has 8 heteroatoms. The van der Waals surface area contributed by atoms with Crippen LogP contribution < -0.4 is 0 Å². The van der Waals surface area contributed by atoms with E-state index >= 15 is 0 Å². The maximum atomic E-state index is 12.4. The summed E-state index contributed by atoms with van der Waals surface area (Å²) in [5.74, 6) is 3.34. The number of carbonyl (C=O) groups excluding carboxylic acids is 1. The van der Waals surface area contributed by atoms with Gasteiger partial charge in [0.2, 0.25) is 5.91 Å². The first-order valence-corrected chi connectivity index (χ1v) is 9.80. The first-order valence-electron chi connectivity index (χ1n) is 9.43. The van der Waals surface area contributed by atoms with Crippen LogP contribution in [0, 0.1) is 11.8 Å². The zero-order valence-corrected chi connectivity index (χ0v) is 15.6. The molecule has 0 atom stereocenters. The molecule has 4 rings (SSSR count). The molecule has 1 amide bonds. The third kappa shape index (κ3) is 4.44. The van der Waals surface area contributed by atoms with Crippen molar-refractivity contribution in [2.45, 2.75) is 51.5 Å². The summed E-state index contributed by atoms with van der Waals surface area (Å²) in [4.78, 5) is 14.4. The number of aromatic nitrogens is 4. The summed E-state index contributed by atoms with van der Waals surface area (Å²) in [6, 6.07) is 1.67. The molecule has 1 aliphatic carbocycles. The molecule has 140 valence electrons. The first kappa shape index (κ1) is 17.5. The largest absolute Gasteiger partial charge is 0.360 e. The summed E-state index contributed by atoms with van der Waals surface area (Å²) in [7, 11) is 0. The quantitative estimate of drug-likeness (QED) is 0.741. The van der Waals surface area contributed by atoms with Gasteiger partial charge in [0, 0.05) is 45.0 Å². The van der Waals surface area contributed by atoms with Gasteiger partial charge in [-0.2, -0.15) is 0 Å². The lowest BCUT2D eigenvalue weighted by molar-refractivity contribution is -0.132. The smallest absolute Gasteiger partial charge is 0.223 e. The van der Waals surface area contributed by atoms with E-state index in [2.05, 4.69) is 19.9 Å². The van der Waals surface area contributed by atoms with E-state index in [-0.39, 0.29) is 5.91 Å². The van der Waals surface area contributed by atoms with Crippen molar-refractivity contribution in [2.24, 2.45) is 11.8 Å². The van der Waals surface area contributed by atoms with Gasteiger partial charge in [0.05, 0.1) is 0 Å². The zero-order chi connectivity index (χ0) is 17.9. The van der Waals surface area contributed by atoms with E-state index in [1.807, 2.05) is 11.2 Å². The molecule has 1 aliphatic heterocycles. The fourth-order valence-electron chi connectivity index (χ4n) is 3.61. The van der Waals surface area contributed by atoms with Gasteiger partial charge >= 0.3 is 0 Å². The monoisotopic (exact) mass is 377 g/mol. The minimum atomic E-state index is 0.174. The van der Waals surface area contributed by atoms with Gasteiger partial charge in [-0.1, -0.05) is 16.8 Å². The second-order valence-electron chi connectivity index (χ2n) is 7.49. The molecule has 3 heterocycles. The number of halogens is 1. The molecular formula is C18H24ClN5O2. The Morgan fingerprint density at radius 3 is 2.73 bits per heavy atom. The average molecular weight is 378 g/mol. The highest BCUT2D eigenvalue weighted by atomic mass is 35.5. The summed E-state index contributed by atoms with van der Waals surface area (Å²) in [5.41, 5.74) is 0. The molecule has 1 saturated heterocycles. The average Bonchev–Trinajstić information content (AvgIpc) is 3.20. The molecule has 0 unspecified atom stereocenters. The summed E-state index contributed by atoms with van der Waals surface area (Å²) in [5, 5.41) is 12.4. The van der Waals surface area contributed by atoms with Crippen LogP contribution in [0.2, 0.25) is 5.15 Å². The standard InChI is InChI=1S/C18H24ClN5O2/c19-16-10-15(26-22-16)3-4-18(25)23-7-5-13(6-8-23)9-17-21-20-12-24(17)11-14-1-2-14/h10,12-14H,1-9,11H2. The Morgan fingerprint density at radius 2 is 2.04 bits per heavy atom. The first-order chi connectivity index (χ1) is 12.7. The Kier molecular flexibility index (Phi) is 5.24. The van der Waals surface area contributed by atoms with Crippen molar-refractivity contribution in [3.63, 3.8) is 0 Å². The van der Waals surface area contributed by atoms with Gasteiger partial charge in [0.15, 0.2) is 5.15 Å². The molecule has 1 saturated carbocycles. The van der Waals surface area contributed by atoms with Crippen LogP contribution in [0.4, 0.5) is 0 Å². The van der Waals surface area contributed by atoms with Gasteiger partial charge in [-0.15, -0.1) is 10.2 Å². The van der Waals surface area contributed by atoms with Crippen molar-refractivity contribution in [1.29, 1.82) is 0 Å². The summed E-state index contributed by atoms with van der Waals surface area (Å²) >= 11 is 5.73. The summed E-state index contributed by atoms with van der Waals surface area (Å²) < 4.78 is 7.27. The van der Waals surface area contributed by atoms with E-state index in [0.717, 1.165) is 50.6 Å². The van der Waals surface area contributed by atoms with Crippen molar-refractivity contribution < 1.29 is 9.32 Å². The molecule has 7 nitrogen and oxygen atoms in total. The van der Waals surface area contributed by atoms with E-state index in [1.165, 1.54) is 12.8 Å². The van der Waals surface area contributed by atoms with Crippen molar-refractivity contribution in [3.8, 4) is 0 Å². The molecule has 0 bridgehead atoms. The lowest BCUT2D eigenvalue weighted by Crippen LogP contribution is -2.39. The SMILES string of the molecule is O=C(CCc1cc(Cl)no1)N1CCC(Cc2nncn2CC2CC2)CC1. The number of likely N-dealkylation sites (tertiary alicyclic amines) is 1. The van der Waals surface area contributed by atoms with E-state index in [9.17, 15) is 4.79 Å². The van der Waals surface area contributed by atoms with Gasteiger partial charge in [-0.3, -0.25) is 4.79 Å². The van der Waals surface area contributed by atoms with Crippen molar-refractivity contribution in [3.05, 3.63) is 29.1 Å². The molecule has 2 aromatic heterocycles. The number of piperidine rings is 1. The molecule has 26 heavy (non-hydrogen) atoms. The highest BCUT2D eigenvalue weighted by Gasteiger charge is 2.26. The number of carbonyl (C=O) groups is 1. The number of hydrogen-bond donors (Lipinski definition) is 0. The minimum absolute atomic E-state index is 0.174. The predicted molar refractivity (Wildman–Crippen MR) is 95.6 cm³/mol. The summed E-state index contributed by atoms with van der Waals surface area (Å²) in [6.07, 6.45) is 8.52. The molecule has 2 aliphatic rings. The number of rotatable bonds is 7. The topological polar surface area (TPSA) is 77.1 Å². The Hall–Kier alpha value is -1.89. The van der Waals surface area contributed by atoms with Crippen LogP contribution in [0.15, 0.2) is 16.9 Å².